The molecular formula is C10H10ClN5O2. The predicted octanol–water partition coefficient (Wildman–Crippen LogP) is 1.86. The van der Waals surface area contributed by atoms with E-state index in [1.165, 1.54) is 0 Å². The highest BCUT2D eigenvalue weighted by molar-refractivity contribution is 6.31. The highest BCUT2D eigenvalue weighted by Gasteiger charge is 2.15. The molecule has 4 N–H and O–H groups in total. The van der Waals surface area contributed by atoms with Gasteiger partial charge >= 0.3 is 0 Å². The number of nitrogens with two attached hydrogens (primary N) is 1. The minimum Gasteiger partial charge on any atom is -0.409 e. The zero-order valence-electron chi connectivity index (χ0n) is 9.38. The summed E-state index contributed by atoms with van der Waals surface area (Å²) in [5.41, 5.74) is 7.18. The number of nitrogens with one attached hydrogen (secondary N) is 1. The van der Waals surface area contributed by atoms with E-state index in [0.29, 0.717) is 10.7 Å². The number of aromatic nitrogens is 2. The zero-order chi connectivity index (χ0) is 13.1. The predicted molar refractivity (Wildman–Crippen MR) is 66.8 cm³/mol. The summed E-state index contributed by atoms with van der Waals surface area (Å²) in [6, 6.07) is 5.28. The van der Waals surface area contributed by atoms with Crippen molar-refractivity contribution in [3.8, 4) is 0 Å². The second kappa shape index (κ2) is 4.92. The van der Waals surface area contributed by atoms with Gasteiger partial charge in [-0.3, -0.25) is 0 Å². The maximum absolute atomic E-state index is 8.93. The molecule has 0 aliphatic heterocycles. The number of halogens is 1. The van der Waals surface area contributed by atoms with E-state index in [4.69, 9.17) is 22.5 Å². The SMILES string of the molecule is Cc1ccc(N/C(=N/O)c2nonc2N)cc1Cl. The Hall–Kier alpha value is -2.28. The van der Waals surface area contributed by atoms with Crippen molar-refractivity contribution >= 4 is 28.9 Å². The van der Waals surface area contributed by atoms with Gasteiger partial charge in [0.2, 0.25) is 5.84 Å². The van der Waals surface area contributed by atoms with Crippen molar-refractivity contribution in [1.82, 2.24) is 10.3 Å². The molecule has 2 rings (SSSR count). The van der Waals surface area contributed by atoms with E-state index in [1.807, 2.05) is 13.0 Å². The van der Waals surface area contributed by atoms with Gasteiger partial charge in [0.25, 0.3) is 0 Å². The average Bonchev–Trinajstić information content (AvgIpc) is 2.77. The van der Waals surface area contributed by atoms with Crippen LogP contribution in [0.15, 0.2) is 28.0 Å². The van der Waals surface area contributed by atoms with Gasteiger partial charge in [-0.2, -0.15) is 0 Å². The lowest BCUT2D eigenvalue weighted by Crippen LogP contribution is -2.16. The third-order valence-corrected chi connectivity index (χ3v) is 2.68. The van der Waals surface area contributed by atoms with E-state index in [2.05, 4.69) is 25.4 Å². The van der Waals surface area contributed by atoms with Crippen LogP contribution in [0.2, 0.25) is 5.02 Å². The van der Waals surface area contributed by atoms with Crippen LogP contribution in [0.5, 0.6) is 0 Å². The first-order chi connectivity index (χ1) is 8.61. The lowest BCUT2D eigenvalue weighted by atomic mass is 10.2. The van der Waals surface area contributed by atoms with E-state index in [9.17, 15) is 0 Å². The summed E-state index contributed by atoms with van der Waals surface area (Å²) in [7, 11) is 0. The molecule has 1 heterocycles. The van der Waals surface area contributed by atoms with E-state index in [0.717, 1.165) is 5.56 Å². The quantitative estimate of drug-likeness (QED) is 0.332. The third-order valence-electron chi connectivity index (χ3n) is 2.27. The largest absolute Gasteiger partial charge is 0.409 e. The normalized spacial score (nSPS) is 11.6. The second-order valence-corrected chi connectivity index (χ2v) is 3.94. The standard InChI is InChI=1S/C10H10ClN5O2/c1-5-2-3-6(4-7(5)11)13-10(14-17)8-9(12)16-18-15-8/h2-4,17H,1H3,(H2,12,16)(H,13,14). The highest BCUT2D eigenvalue weighted by Crippen LogP contribution is 2.20. The van der Waals surface area contributed by atoms with Gasteiger partial charge in [0.1, 0.15) is 0 Å². The molecule has 1 aromatic carbocycles. The maximum Gasteiger partial charge on any atom is 0.203 e. The number of anilines is 2. The van der Waals surface area contributed by atoms with Gasteiger partial charge < -0.3 is 16.3 Å². The fourth-order valence-electron chi connectivity index (χ4n) is 1.30. The van der Waals surface area contributed by atoms with Crippen LogP contribution in [0.4, 0.5) is 11.5 Å². The molecule has 0 aliphatic carbocycles. The van der Waals surface area contributed by atoms with Crippen LogP contribution in [0.1, 0.15) is 11.3 Å². The van der Waals surface area contributed by atoms with Crippen molar-refractivity contribution in [2.24, 2.45) is 5.16 Å². The number of hydrogen-bond acceptors (Lipinski definition) is 6. The lowest BCUT2D eigenvalue weighted by molar-refractivity contribution is 0.305. The highest BCUT2D eigenvalue weighted by atomic mass is 35.5. The molecule has 0 bridgehead atoms. The van der Waals surface area contributed by atoms with Gasteiger partial charge in [0.15, 0.2) is 11.5 Å². The maximum atomic E-state index is 8.93. The van der Waals surface area contributed by atoms with Crippen molar-refractivity contribution in [3.63, 3.8) is 0 Å². The Kier molecular flexibility index (Phi) is 3.33. The number of rotatable bonds is 2. The van der Waals surface area contributed by atoms with Crippen LogP contribution in [0, 0.1) is 6.92 Å². The molecule has 0 amide bonds. The molecule has 2 aromatic rings. The fourth-order valence-corrected chi connectivity index (χ4v) is 1.48. The molecule has 0 radical (unpaired) electrons. The molecule has 94 valence electrons. The minimum atomic E-state index is 0.0218. The number of aryl methyl sites for hydroxylation is 1. The van der Waals surface area contributed by atoms with Crippen LogP contribution in [0.3, 0.4) is 0 Å². The Morgan fingerprint density at radius 3 is 2.83 bits per heavy atom. The Bertz CT molecular complexity index is 596. The van der Waals surface area contributed by atoms with Crippen LogP contribution in [-0.4, -0.2) is 21.4 Å². The lowest BCUT2D eigenvalue weighted by Gasteiger charge is -2.07. The number of amidine groups is 1. The summed E-state index contributed by atoms with van der Waals surface area (Å²) in [6.07, 6.45) is 0. The topological polar surface area (TPSA) is 110 Å². The summed E-state index contributed by atoms with van der Waals surface area (Å²) in [5.74, 6) is 0.0437. The first-order valence-electron chi connectivity index (χ1n) is 4.95. The molecule has 1 aromatic heterocycles. The minimum absolute atomic E-state index is 0.0218. The molecule has 0 aliphatic rings. The smallest absolute Gasteiger partial charge is 0.203 e. The Labute approximate surface area is 107 Å². The van der Waals surface area contributed by atoms with Crippen LogP contribution < -0.4 is 11.1 Å². The Balaban J connectivity index is 2.27. The molecule has 0 unspecified atom stereocenters. The summed E-state index contributed by atoms with van der Waals surface area (Å²) in [5, 5.41) is 22.3. The molecule has 18 heavy (non-hydrogen) atoms. The van der Waals surface area contributed by atoms with Crippen LogP contribution in [0.25, 0.3) is 0 Å². The molecule has 0 fully saturated rings. The molecule has 8 heteroatoms. The van der Waals surface area contributed by atoms with Gasteiger partial charge in [-0.15, -0.1) is 0 Å². The van der Waals surface area contributed by atoms with Gasteiger partial charge in [-0.1, -0.05) is 22.8 Å². The fraction of sp³-hybridized carbons (Fsp3) is 0.100. The number of oxime groups is 1. The van der Waals surface area contributed by atoms with Gasteiger partial charge in [-0.25, -0.2) is 4.63 Å². The molecule has 7 nitrogen and oxygen atoms in total. The van der Waals surface area contributed by atoms with Crippen molar-refractivity contribution in [2.75, 3.05) is 11.1 Å². The monoisotopic (exact) mass is 267 g/mol. The van der Waals surface area contributed by atoms with E-state index in [1.54, 1.807) is 12.1 Å². The third kappa shape index (κ3) is 2.35. The Morgan fingerprint density at radius 1 is 1.50 bits per heavy atom. The van der Waals surface area contributed by atoms with E-state index >= 15 is 0 Å². The molecule has 0 saturated heterocycles. The van der Waals surface area contributed by atoms with Crippen LogP contribution >= 0.6 is 11.6 Å². The van der Waals surface area contributed by atoms with Crippen molar-refractivity contribution in [3.05, 3.63) is 34.5 Å². The van der Waals surface area contributed by atoms with E-state index < -0.39 is 0 Å². The first-order valence-corrected chi connectivity index (χ1v) is 5.33. The molecule has 0 atom stereocenters. The first kappa shape index (κ1) is 12.2. The van der Waals surface area contributed by atoms with Crippen molar-refractivity contribution in [1.29, 1.82) is 0 Å². The number of nitrogens with zero attached hydrogens (tertiary/aromatic N) is 3. The van der Waals surface area contributed by atoms with Gasteiger partial charge in [-0.05, 0) is 34.9 Å². The summed E-state index contributed by atoms with van der Waals surface area (Å²) in [6.45, 7) is 1.88. The number of benzene rings is 1. The summed E-state index contributed by atoms with van der Waals surface area (Å²) in [4.78, 5) is 0. The van der Waals surface area contributed by atoms with Gasteiger partial charge in [0, 0.05) is 10.7 Å². The zero-order valence-corrected chi connectivity index (χ0v) is 10.1. The van der Waals surface area contributed by atoms with Crippen molar-refractivity contribution < 1.29 is 9.84 Å². The van der Waals surface area contributed by atoms with Crippen LogP contribution in [-0.2, 0) is 0 Å². The Morgan fingerprint density at radius 2 is 2.28 bits per heavy atom. The second-order valence-electron chi connectivity index (χ2n) is 3.54. The van der Waals surface area contributed by atoms with E-state index in [-0.39, 0.29) is 17.3 Å². The summed E-state index contributed by atoms with van der Waals surface area (Å²) >= 11 is 5.98. The van der Waals surface area contributed by atoms with Crippen molar-refractivity contribution in [2.45, 2.75) is 6.92 Å². The average molecular weight is 268 g/mol. The molecular weight excluding hydrogens is 258 g/mol. The molecule has 0 spiro atoms. The summed E-state index contributed by atoms with van der Waals surface area (Å²) < 4.78 is 4.43. The number of hydrogen-bond donors (Lipinski definition) is 3. The number of nitrogen functional groups attached to an aromatic ring is 1. The molecule has 0 saturated carbocycles. The van der Waals surface area contributed by atoms with Gasteiger partial charge in [0.05, 0.1) is 0 Å².